The highest BCUT2D eigenvalue weighted by atomic mass is 16.6. The van der Waals surface area contributed by atoms with E-state index in [2.05, 4.69) is 15.6 Å². The number of aryl methyl sites for hydroxylation is 1. The van der Waals surface area contributed by atoms with Crippen LogP contribution in [0.2, 0.25) is 0 Å². The zero-order valence-corrected chi connectivity index (χ0v) is 16.8. The van der Waals surface area contributed by atoms with E-state index < -0.39 is 0 Å². The zero-order valence-electron chi connectivity index (χ0n) is 16.8. The fourth-order valence-electron chi connectivity index (χ4n) is 2.72. The third-order valence-electron chi connectivity index (χ3n) is 4.20. The van der Waals surface area contributed by atoms with Gasteiger partial charge in [0.2, 0.25) is 0 Å². The van der Waals surface area contributed by atoms with E-state index in [9.17, 15) is 4.79 Å². The van der Waals surface area contributed by atoms with Crippen molar-refractivity contribution in [2.75, 3.05) is 21.3 Å². The van der Waals surface area contributed by atoms with Gasteiger partial charge in [-0.2, -0.15) is 0 Å². The van der Waals surface area contributed by atoms with E-state index in [4.69, 9.17) is 14.4 Å². The van der Waals surface area contributed by atoms with Crippen LogP contribution in [0.25, 0.3) is 0 Å². The summed E-state index contributed by atoms with van der Waals surface area (Å²) in [6.45, 7) is 3.96. The molecular weight excluding hydrogens is 358 g/mol. The van der Waals surface area contributed by atoms with Crippen molar-refractivity contribution in [2.24, 2.45) is 10.3 Å². The van der Waals surface area contributed by atoms with Crippen LogP contribution in [0.4, 0.5) is 0 Å². The number of hydrogen-bond donors (Lipinski definition) is 1. The molecule has 0 radical (unpaired) electrons. The Morgan fingerprint density at radius 2 is 1.75 bits per heavy atom. The molecule has 0 atom stereocenters. The summed E-state index contributed by atoms with van der Waals surface area (Å²) >= 11 is 0. The Balaban J connectivity index is 2.29. The summed E-state index contributed by atoms with van der Waals surface area (Å²) < 4.78 is 5.36. The predicted octanol–water partition coefficient (Wildman–Crippen LogP) is 3.04. The minimum absolute atomic E-state index is 0.175. The van der Waals surface area contributed by atoms with Crippen molar-refractivity contribution in [3.63, 3.8) is 0 Å². The summed E-state index contributed by atoms with van der Waals surface area (Å²) in [6, 6.07) is 13.2. The van der Waals surface area contributed by atoms with Gasteiger partial charge in [0, 0.05) is 23.7 Å². The molecule has 1 amide bonds. The molecule has 28 heavy (non-hydrogen) atoms. The topological polar surface area (TPSA) is 81.5 Å². The highest BCUT2D eigenvalue weighted by molar-refractivity contribution is 6.45. The number of carbonyl (C=O) groups is 1. The van der Waals surface area contributed by atoms with Crippen molar-refractivity contribution in [3.8, 4) is 5.75 Å². The number of rotatable bonds is 8. The molecule has 0 saturated heterocycles. The second-order valence-corrected chi connectivity index (χ2v) is 5.95. The number of carbonyl (C=O) groups excluding carboxylic acids is 1. The van der Waals surface area contributed by atoms with Crippen LogP contribution >= 0.6 is 0 Å². The highest BCUT2D eigenvalue weighted by Crippen LogP contribution is 2.20. The minimum Gasteiger partial charge on any atom is -0.496 e. The third kappa shape index (κ3) is 4.88. The Bertz CT molecular complexity index is 891. The second-order valence-electron chi connectivity index (χ2n) is 5.95. The van der Waals surface area contributed by atoms with Gasteiger partial charge in [-0.05, 0) is 31.5 Å². The van der Waals surface area contributed by atoms with Crippen molar-refractivity contribution in [2.45, 2.75) is 20.5 Å². The molecule has 0 aliphatic heterocycles. The minimum atomic E-state index is -0.345. The first-order chi connectivity index (χ1) is 13.5. The molecule has 0 aliphatic carbocycles. The lowest BCUT2D eigenvalue weighted by molar-refractivity contribution is -0.114. The van der Waals surface area contributed by atoms with Gasteiger partial charge in [-0.15, -0.1) is 0 Å². The first kappa shape index (κ1) is 21.0. The number of likely N-dealkylation sites (N-methyl/N-ethyl adjacent to an activating group) is 1. The van der Waals surface area contributed by atoms with Crippen molar-refractivity contribution in [3.05, 3.63) is 64.7 Å². The number of nitrogens with zero attached hydrogens (tertiary/aromatic N) is 2. The molecule has 0 saturated carbocycles. The number of para-hydroxylation sites is 1. The van der Waals surface area contributed by atoms with Crippen molar-refractivity contribution >= 4 is 17.3 Å². The molecule has 0 bridgehead atoms. The Kier molecular flexibility index (Phi) is 7.56. The molecular formula is C21H25N3O4. The number of benzene rings is 2. The van der Waals surface area contributed by atoms with Gasteiger partial charge >= 0.3 is 0 Å². The Labute approximate surface area is 165 Å². The predicted molar refractivity (Wildman–Crippen MR) is 109 cm³/mol. The van der Waals surface area contributed by atoms with Crippen LogP contribution < -0.4 is 10.1 Å². The molecule has 0 unspecified atom stereocenters. The van der Waals surface area contributed by atoms with Gasteiger partial charge in [0.05, 0.1) is 12.8 Å². The lowest BCUT2D eigenvalue weighted by atomic mass is 9.98. The van der Waals surface area contributed by atoms with Gasteiger partial charge in [0.15, 0.2) is 5.71 Å². The van der Waals surface area contributed by atoms with Crippen molar-refractivity contribution < 1.29 is 19.2 Å². The number of hydrogen-bond acceptors (Lipinski definition) is 6. The number of oxime groups is 2. The van der Waals surface area contributed by atoms with E-state index in [0.717, 1.165) is 22.4 Å². The Morgan fingerprint density at radius 3 is 2.43 bits per heavy atom. The van der Waals surface area contributed by atoms with Crippen molar-refractivity contribution in [1.29, 1.82) is 0 Å². The van der Waals surface area contributed by atoms with Gasteiger partial charge in [0.25, 0.3) is 5.91 Å². The molecule has 2 rings (SSSR count). The SMILES string of the molecule is CNC(=O)/C(=N/OC)c1cccc(C)c1CO/N=C(\C)c1ccccc1OC. The van der Waals surface area contributed by atoms with E-state index >= 15 is 0 Å². The van der Waals surface area contributed by atoms with Gasteiger partial charge < -0.3 is 19.7 Å². The second kappa shape index (κ2) is 10.1. The van der Waals surface area contributed by atoms with Crippen LogP contribution in [-0.2, 0) is 21.1 Å². The standard InChI is InChI=1S/C21H25N3O4/c1-14-9-8-11-17(20(24-27-5)21(25)22-3)18(14)13-28-23-15(2)16-10-6-7-12-19(16)26-4/h6-12H,13H2,1-5H3,(H,22,25)/b23-15+,24-20+. The van der Waals surface area contributed by atoms with E-state index in [1.165, 1.54) is 7.11 Å². The first-order valence-electron chi connectivity index (χ1n) is 8.75. The summed E-state index contributed by atoms with van der Waals surface area (Å²) in [6.07, 6.45) is 0. The highest BCUT2D eigenvalue weighted by Gasteiger charge is 2.19. The van der Waals surface area contributed by atoms with Crippen molar-refractivity contribution in [1.82, 2.24) is 5.32 Å². The van der Waals surface area contributed by atoms with Crippen LogP contribution in [0.5, 0.6) is 5.75 Å². The fourth-order valence-corrected chi connectivity index (χ4v) is 2.72. The number of amides is 1. The molecule has 148 valence electrons. The van der Waals surface area contributed by atoms with Crippen LogP contribution in [0.1, 0.15) is 29.2 Å². The Morgan fingerprint density at radius 1 is 1.04 bits per heavy atom. The molecule has 1 N–H and O–H groups in total. The maximum Gasteiger partial charge on any atom is 0.273 e. The van der Waals surface area contributed by atoms with E-state index in [1.54, 1.807) is 20.2 Å². The fraction of sp³-hybridized carbons (Fsp3) is 0.286. The average Bonchev–Trinajstić information content (AvgIpc) is 2.72. The van der Waals surface area contributed by atoms with Crippen LogP contribution in [0.3, 0.4) is 0 Å². The lowest BCUT2D eigenvalue weighted by Gasteiger charge is -2.13. The monoisotopic (exact) mass is 383 g/mol. The zero-order chi connectivity index (χ0) is 20.5. The first-order valence-corrected chi connectivity index (χ1v) is 8.75. The van der Waals surface area contributed by atoms with E-state index in [-0.39, 0.29) is 18.2 Å². The number of nitrogens with one attached hydrogen (secondary N) is 1. The number of ether oxygens (including phenoxy) is 1. The van der Waals surface area contributed by atoms with Gasteiger partial charge in [-0.1, -0.05) is 40.6 Å². The maximum atomic E-state index is 12.2. The lowest BCUT2D eigenvalue weighted by Crippen LogP contribution is -2.29. The number of methoxy groups -OCH3 is 1. The molecule has 7 nitrogen and oxygen atoms in total. The van der Waals surface area contributed by atoms with Gasteiger partial charge in [0.1, 0.15) is 19.5 Å². The summed E-state index contributed by atoms with van der Waals surface area (Å²) in [5.74, 6) is 0.375. The summed E-state index contributed by atoms with van der Waals surface area (Å²) in [5, 5.41) is 10.7. The smallest absolute Gasteiger partial charge is 0.273 e. The summed E-state index contributed by atoms with van der Waals surface area (Å²) in [7, 11) is 4.55. The molecule has 2 aromatic rings. The molecule has 0 heterocycles. The third-order valence-corrected chi connectivity index (χ3v) is 4.20. The van der Waals surface area contributed by atoms with Gasteiger partial charge in [-0.25, -0.2) is 0 Å². The van der Waals surface area contributed by atoms with Gasteiger partial charge in [-0.3, -0.25) is 4.79 Å². The van der Waals surface area contributed by atoms with Crippen LogP contribution in [-0.4, -0.2) is 38.6 Å². The molecule has 0 spiro atoms. The van der Waals surface area contributed by atoms with E-state index in [1.807, 2.05) is 50.2 Å². The van der Waals surface area contributed by atoms with Crippen LogP contribution in [0, 0.1) is 6.92 Å². The average molecular weight is 383 g/mol. The molecule has 0 aliphatic rings. The molecule has 7 heteroatoms. The molecule has 2 aromatic carbocycles. The van der Waals surface area contributed by atoms with Crippen LogP contribution in [0.15, 0.2) is 52.8 Å². The van der Waals surface area contributed by atoms with E-state index in [0.29, 0.717) is 11.3 Å². The largest absolute Gasteiger partial charge is 0.496 e. The Hall–Kier alpha value is -3.35. The maximum absolute atomic E-state index is 12.2. The summed E-state index contributed by atoms with van der Waals surface area (Å²) in [5.41, 5.74) is 4.10. The summed E-state index contributed by atoms with van der Waals surface area (Å²) in [4.78, 5) is 22.6. The molecule has 0 aromatic heterocycles. The normalized spacial score (nSPS) is 11.8. The molecule has 0 fully saturated rings. The quantitative estimate of drug-likeness (QED) is 0.561.